The Hall–Kier alpha value is -1.23. The molecular weight excluding hydrogens is 444 g/mol. The fourth-order valence-electron chi connectivity index (χ4n) is 5.21. The van der Waals surface area contributed by atoms with Crippen LogP contribution < -0.4 is 4.90 Å². The molecule has 0 N–H and O–H groups in total. The monoisotopic (exact) mass is 488 g/mol. The molecule has 2 bridgehead atoms. The van der Waals surface area contributed by atoms with Crippen LogP contribution in [0, 0.1) is 11.8 Å². The Kier molecular flexibility index (Phi) is 7.67. The van der Waals surface area contributed by atoms with E-state index in [1.54, 1.807) is 0 Å². The Morgan fingerprint density at radius 1 is 0.970 bits per heavy atom. The third kappa shape index (κ3) is 6.68. The number of nitrogens with zero attached hydrogens (tertiary/aromatic N) is 4. The van der Waals surface area contributed by atoms with Gasteiger partial charge >= 0.3 is 0 Å². The van der Waals surface area contributed by atoms with Crippen molar-refractivity contribution in [2.75, 3.05) is 31.6 Å². The van der Waals surface area contributed by atoms with Crippen molar-refractivity contribution in [1.29, 1.82) is 0 Å². The van der Waals surface area contributed by atoms with E-state index in [4.69, 9.17) is 14.5 Å². The summed E-state index contributed by atoms with van der Waals surface area (Å²) in [7, 11) is -2.25. The van der Waals surface area contributed by atoms with Gasteiger partial charge in [-0.05, 0) is 43.2 Å². The van der Waals surface area contributed by atoms with Gasteiger partial charge in [0.2, 0.25) is 0 Å². The van der Waals surface area contributed by atoms with E-state index in [1.165, 1.54) is 43.5 Å². The molecule has 0 spiro atoms. The molecule has 0 aromatic carbocycles. The lowest BCUT2D eigenvalue weighted by Crippen LogP contribution is -2.33. The number of rotatable bonds is 12. The first-order chi connectivity index (χ1) is 15.6. The minimum atomic E-state index is -1.13. The summed E-state index contributed by atoms with van der Waals surface area (Å²) < 4.78 is 14.3. The van der Waals surface area contributed by atoms with Gasteiger partial charge in [-0.15, -0.1) is 0 Å². The maximum absolute atomic E-state index is 6.19. The normalized spacial score (nSPS) is 23.0. The lowest BCUT2D eigenvalue weighted by molar-refractivity contribution is 0.0942. The van der Waals surface area contributed by atoms with Crippen LogP contribution in [0.4, 0.5) is 5.82 Å². The van der Waals surface area contributed by atoms with Crippen LogP contribution in [0.2, 0.25) is 51.4 Å². The first-order valence-electron chi connectivity index (χ1n) is 12.8. The zero-order valence-electron chi connectivity index (χ0n) is 21.6. The van der Waals surface area contributed by atoms with Gasteiger partial charge in [0.05, 0.1) is 6.20 Å². The smallest absolute Gasteiger partial charge is 0.157 e. The molecule has 3 unspecified atom stereocenters. The Morgan fingerprint density at radius 2 is 1.64 bits per heavy atom. The zero-order chi connectivity index (χ0) is 23.6. The molecule has 2 fully saturated rings. The average molecular weight is 489 g/mol. The second kappa shape index (κ2) is 10.2. The van der Waals surface area contributed by atoms with Crippen LogP contribution in [0.15, 0.2) is 18.3 Å². The van der Waals surface area contributed by atoms with Crippen molar-refractivity contribution in [1.82, 2.24) is 14.6 Å². The Bertz CT molecular complexity index is 899. The highest BCUT2D eigenvalue weighted by molar-refractivity contribution is 6.76. The molecule has 2 aromatic rings. The Balaban J connectivity index is 1.53. The largest absolute Gasteiger partial charge is 0.361 e. The second-order valence-electron chi connectivity index (χ2n) is 12.7. The van der Waals surface area contributed by atoms with Crippen LogP contribution in [0.25, 0.3) is 5.65 Å². The number of ether oxygens (including phenoxy) is 2. The minimum absolute atomic E-state index is 0.520. The maximum atomic E-state index is 6.19. The molecule has 184 valence electrons. The van der Waals surface area contributed by atoms with Crippen molar-refractivity contribution < 1.29 is 9.47 Å². The van der Waals surface area contributed by atoms with Gasteiger partial charge in [-0.3, -0.25) is 0 Å². The van der Waals surface area contributed by atoms with E-state index in [0.717, 1.165) is 36.5 Å². The predicted molar refractivity (Wildman–Crippen MR) is 142 cm³/mol. The molecule has 2 aliphatic rings. The van der Waals surface area contributed by atoms with E-state index in [0.29, 0.717) is 19.4 Å². The van der Waals surface area contributed by atoms with Crippen molar-refractivity contribution in [2.24, 2.45) is 11.8 Å². The van der Waals surface area contributed by atoms with Gasteiger partial charge in [0.15, 0.2) is 5.65 Å². The summed E-state index contributed by atoms with van der Waals surface area (Å²) in [5.74, 6) is 3.33. The van der Waals surface area contributed by atoms with Crippen molar-refractivity contribution in [3.05, 3.63) is 24.0 Å². The van der Waals surface area contributed by atoms with Crippen molar-refractivity contribution in [3.8, 4) is 0 Å². The number of anilines is 1. The molecule has 2 saturated carbocycles. The number of aromatic nitrogens is 3. The lowest BCUT2D eigenvalue weighted by atomic mass is 9.86. The summed E-state index contributed by atoms with van der Waals surface area (Å²) in [6.45, 7) is 17.0. The van der Waals surface area contributed by atoms with Crippen LogP contribution in [-0.4, -0.2) is 57.4 Å². The van der Waals surface area contributed by atoms with Crippen molar-refractivity contribution in [2.45, 2.75) is 83.0 Å². The van der Waals surface area contributed by atoms with E-state index in [9.17, 15) is 0 Å². The summed E-state index contributed by atoms with van der Waals surface area (Å²) in [5.41, 5.74) is 2.17. The summed E-state index contributed by atoms with van der Waals surface area (Å²) >= 11 is 0. The molecule has 0 aliphatic heterocycles. The van der Waals surface area contributed by atoms with Gasteiger partial charge in [-0.2, -0.15) is 9.61 Å². The summed E-state index contributed by atoms with van der Waals surface area (Å²) in [6, 6.07) is 6.63. The first kappa shape index (κ1) is 24.9. The number of fused-ring (bicyclic) bond motifs is 3. The van der Waals surface area contributed by atoms with Crippen LogP contribution in [0.1, 0.15) is 37.3 Å². The highest BCUT2D eigenvalue weighted by Gasteiger charge is 2.41. The van der Waals surface area contributed by atoms with Crippen molar-refractivity contribution in [3.63, 3.8) is 0 Å². The van der Waals surface area contributed by atoms with Crippen molar-refractivity contribution >= 4 is 27.6 Å². The van der Waals surface area contributed by atoms with Crippen LogP contribution in [-0.2, 0) is 9.47 Å². The van der Waals surface area contributed by atoms with Gasteiger partial charge < -0.3 is 14.4 Å². The van der Waals surface area contributed by atoms with Gasteiger partial charge in [-0.25, -0.2) is 4.98 Å². The van der Waals surface area contributed by atoms with E-state index < -0.39 is 16.1 Å². The molecule has 0 radical (unpaired) electrons. The maximum Gasteiger partial charge on any atom is 0.157 e. The summed E-state index contributed by atoms with van der Waals surface area (Å²) in [5, 5.41) is 4.61. The topological polar surface area (TPSA) is 51.9 Å². The average Bonchev–Trinajstić information content (AvgIpc) is 3.47. The van der Waals surface area contributed by atoms with Crippen LogP contribution >= 0.6 is 0 Å². The lowest BCUT2D eigenvalue weighted by Gasteiger charge is -2.28. The molecule has 0 saturated heterocycles. The molecular formula is C25H44N4O2Si2. The summed E-state index contributed by atoms with van der Waals surface area (Å²) in [4.78, 5) is 7.25. The van der Waals surface area contributed by atoms with Gasteiger partial charge in [0.1, 0.15) is 19.3 Å². The van der Waals surface area contributed by atoms with Crippen LogP contribution in [0.3, 0.4) is 0 Å². The standard InChI is InChI=1S/C25H44N4O2Si2/c1-32(2,3)13-11-30-18-28(19-31-12-14-33(4,5)6)25-17-23(27-24-9-10-26-29(24)25)22-16-20-7-8-21(22)15-20/h9-10,17,20-22H,7-8,11-16,18-19H2,1-6H3. The third-order valence-electron chi connectivity index (χ3n) is 7.29. The van der Waals surface area contributed by atoms with Gasteiger partial charge in [-0.1, -0.05) is 45.7 Å². The number of hydrogen-bond acceptors (Lipinski definition) is 5. The molecule has 2 aromatic heterocycles. The van der Waals surface area contributed by atoms with Gasteiger partial charge in [0, 0.05) is 53.1 Å². The Morgan fingerprint density at radius 3 is 2.18 bits per heavy atom. The van der Waals surface area contributed by atoms with E-state index >= 15 is 0 Å². The molecule has 2 heterocycles. The molecule has 8 heteroatoms. The molecule has 0 amide bonds. The van der Waals surface area contributed by atoms with E-state index in [1.807, 2.05) is 16.8 Å². The molecule has 2 aliphatic carbocycles. The second-order valence-corrected chi connectivity index (χ2v) is 23.9. The fraction of sp³-hybridized carbons (Fsp3) is 0.760. The fourth-order valence-corrected chi connectivity index (χ4v) is 6.73. The molecule has 33 heavy (non-hydrogen) atoms. The van der Waals surface area contributed by atoms with Crippen LogP contribution in [0.5, 0.6) is 0 Å². The molecule has 4 rings (SSSR count). The highest BCUT2D eigenvalue weighted by atomic mass is 28.3. The highest BCUT2D eigenvalue weighted by Crippen LogP contribution is 2.52. The SMILES string of the molecule is C[Si](C)(C)CCOCN(COCC[Si](C)(C)C)c1cc(C2CC3CCC2C3)nc2ccnn12. The zero-order valence-corrected chi connectivity index (χ0v) is 23.6. The van der Waals surface area contributed by atoms with Gasteiger partial charge in [0.25, 0.3) is 0 Å². The minimum Gasteiger partial charge on any atom is -0.361 e. The van der Waals surface area contributed by atoms with E-state index in [2.05, 4.69) is 55.3 Å². The Labute approximate surface area is 202 Å². The first-order valence-corrected chi connectivity index (χ1v) is 20.3. The predicted octanol–water partition coefficient (Wildman–Crippen LogP) is 6.06. The molecule has 3 atom stereocenters. The summed E-state index contributed by atoms with van der Waals surface area (Å²) in [6.07, 6.45) is 7.30. The van der Waals surface area contributed by atoms with E-state index in [-0.39, 0.29) is 0 Å². The quantitative estimate of drug-likeness (QED) is 0.206. The molecule has 6 nitrogen and oxygen atoms in total. The third-order valence-corrected chi connectivity index (χ3v) is 10.7. The number of hydrogen-bond donors (Lipinski definition) is 0.